The van der Waals surface area contributed by atoms with E-state index >= 15 is 0 Å². The van der Waals surface area contributed by atoms with E-state index in [1.165, 1.54) is 11.1 Å². The minimum absolute atomic E-state index is 0.0574. The van der Waals surface area contributed by atoms with Gasteiger partial charge in [0.1, 0.15) is 5.75 Å². The van der Waals surface area contributed by atoms with Crippen LogP contribution in [0.4, 0.5) is 0 Å². The van der Waals surface area contributed by atoms with E-state index in [1.54, 1.807) is 0 Å². The van der Waals surface area contributed by atoms with Gasteiger partial charge in [-0.15, -0.1) is 0 Å². The number of nitrogens with one attached hydrogen (secondary N) is 1. The fourth-order valence-electron chi connectivity index (χ4n) is 3.33. The molecule has 24 heavy (non-hydrogen) atoms. The number of carbonyl (C=O) groups is 1. The Morgan fingerprint density at radius 1 is 1.25 bits per heavy atom. The Hall–Kier alpha value is -2.29. The number of fused-ring (bicyclic) bond motifs is 1. The maximum absolute atomic E-state index is 12.3. The topological polar surface area (TPSA) is 38.3 Å². The third-order valence-corrected chi connectivity index (χ3v) is 4.62. The number of hydrogen-bond acceptors (Lipinski definition) is 2. The lowest BCUT2D eigenvalue weighted by molar-refractivity contribution is -0.123. The first-order valence-electron chi connectivity index (χ1n) is 8.65. The van der Waals surface area contributed by atoms with E-state index in [-0.39, 0.29) is 18.6 Å². The summed E-state index contributed by atoms with van der Waals surface area (Å²) in [6.45, 7) is 6.36. The highest BCUT2D eigenvalue weighted by Gasteiger charge is 2.23. The monoisotopic (exact) mass is 323 g/mol. The van der Waals surface area contributed by atoms with Crippen molar-refractivity contribution < 1.29 is 9.53 Å². The molecule has 3 nitrogen and oxygen atoms in total. The summed E-state index contributed by atoms with van der Waals surface area (Å²) in [5.74, 6) is 1.12. The molecule has 2 aromatic rings. The van der Waals surface area contributed by atoms with E-state index in [4.69, 9.17) is 4.74 Å². The maximum atomic E-state index is 12.3. The number of ether oxygens (including phenoxy) is 1. The zero-order valence-corrected chi connectivity index (χ0v) is 14.6. The van der Waals surface area contributed by atoms with Gasteiger partial charge in [-0.3, -0.25) is 4.79 Å². The molecular weight excluding hydrogens is 298 g/mol. The number of rotatable bonds is 5. The van der Waals surface area contributed by atoms with E-state index in [9.17, 15) is 4.79 Å². The quantitative estimate of drug-likeness (QED) is 0.891. The first-order chi connectivity index (χ1) is 11.5. The highest BCUT2D eigenvalue weighted by Crippen LogP contribution is 2.31. The third kappa shape index (κ3) is 3.61. The summed E-state index contributed by atoms with van der Waals surface area (Å²) in [7, 11) is 0. The number of benzene rings is 2. The van der Waals surface area contributed by atoms with Gasteiger partial charge in [0.15, 0.2) is 6.61 Å². The van der Waals surface area contributed by atoms with Crippen molar-refractivity contribution in [1.82, 2.24) is 5.32 Å². The molecule has 0 fully saturated rings. The second-order valence-electron chi connectivity index (χ2n) is 6.84. The van der Waals surface area contributed by atoms with E-state index in [0.717, 1.165) is 29.7 Å². The van der Waals surface area contributed by atoms with Crippen molar-refractivity contribution in [3.8, 4) is 5.75 Å². The van der Waals surface area contributed by atoms with Gasteiger partial charge in [-0.2, -0.15) is 0 Å². The summed E-state index contributed by atoms with van der Waals surface area (Å²) in [6, 6.07) is 14.6. The number of hydrogen-bond donors (Lipinski definition) is 1. The molecular formula is C21H25NO2. The molecule has 1 unspecified atom stereocenters. The van der Waals surface area contributed by atoms with Crippen LogP contribution < -0.4 is 10.1 Å². The van der Waals surface area contributed by atoms with Crippen LogP contribution in [-0.2, 0) is 11.2 Å². The average molecular weight is 323 g/mol. The van der Waals surface area contributed by atoms with Crippen molar-refractivity contribution in [1.29, 1.82) is 0 Å². The Kier molecular flexibility index (Phi) is 4.89. The predicted octanol–water partition coefficient (Wildman–Crippen LogP) is 4.30. The molecule has 0 radical (unpaired) electrons. The van der Waals surface area contributed by atoms with Gasteiger partial charge in [0.25, 0.3) is 5.91 Å². The van der Waals surface area contributed by atoms with Gasteiger partial charge in [-0.1, -0.05) is 50.2 Å². The highest BCUT2D eigenvalue weighted by atomic mass is 16.5. The molecule has 0 heterocycles. The summed E-state index contributed by atoms with van der Waals surface area (Å²) < 4.78 is 5.83. The third-order valence-electron chi connectivity index (χ3n) is 4.62. The molecule has 0 bridgehead atoms. The highest BCUT2D eigenvalue weighted by molar-refractivity contribution is 5.78. The Morgan fingerprint density at radius 3 is 2.83 bits per heavy atom. The van der Waals surface area contributed by atoms with Crippen LogP contribution in [0.25, 0.3) is 0 Å². The van der Waals surface area contributed by atoms with Crippen molar-refractivity contribution in [3.05, 3.63) is 64.7 Å². The minimum atomic E-state index is -0.0621. The van der Waals surface area contributed by atoms with Crippen LogP contribution in [0.3, 0.4) is 0 Å². The Labute approximate surface area is 144 Å². The molecule has 0 spiro atoms. The van der Waals surface area contributed by atoms with Crippen molar-refractivity contribution in [2.24, 2.45) is 0 Å². The van der Waals surface area contributed by atoms with E-state index in [1.807, 2.05) is 19.1 Å². The zero-order valence-electron chi connectivity index (χ0n) is 14.6. The second kappa shape index (κ2) is 7.08. The van der Waals surface area contributed by atoms with Crippen LogP contribution in [0, 0.1) is 6.92 Å². The van der Waals surface area contributed by atoms with Crippen LogP contribution in [0.2, 0.25) is 0 Å². The zero-order chi connectivity index (χ0) is 17.1. The second-order valence-corrected chi connectivity index (χ2v) is 6.84. The molecule has 1 aliphatic carbocycles. The van der Waals surface area contributed by atoms with Crippen LogP contribution >= 0.6 is 0 Å². The molecule has 1 atom stereocenters. The van der Waals surface area contributed by atoms with E-state index in [0.29, 0.717) is 5.92 Å². The maximum Gasteiger partial charge on any atom is 0.258 e. The van der Waals surface area contributed by atoms with Crippen molar-refractivity contribution in [2.45, 2.75) is 45.6 Å². The van der Waals surface area contributed by atoms with Gasteiger partial charge in [0.2, 0.25) is 0 Å². The van der Waals surface area contributed by atoms with Crippen LogP contribution in [-0.4, -0.2) is 12.5 Å². The molecule has 3 rings (SSSR count). The largest absolute Gasteiger partial charge is 0.483 e. The molecule has 2 aromatic carbocycles. The summed E-state index contributed by atoms with van der Waals surface area (Å²) in [5.41, 5.74) is 4.85. The number of carbonyl (C=O) groups excluding carboxylic acids is 1. The summed E-state index contributed by atoms with van der Waals surface area (Å²) >= 11 is 0. The van der Waals surface area contributed by atoms with Gasteiger partial charge in [0.05, 0.1) is 6.04 Å². The number of amides is 1. The normalized spacial score (nSPS) is 16.1. The van der Waals surface area contributed by atoms with Crippen molar-refractivity contribution >= 4 is 5.91 Å². The summed E-state index contributed by atoms with van der Waals surface area (Å²) in [5, 5.41) is 3.10. The molecule has 0 saturated heterocycles. The SMILES string of the molecule is Cc1ccc(C(C)C)c(OCC(=O)NC2CCc3ccccc32)c1. The Bertz CT molecular complexity index is 736. The lowest BCUT2D eigenvalue weighted by atomic mass is 10.0. The molecule has 1 aliphatic rings. The number of aryl methyl sites for hydroxylation is 2. The fourth-order valence-corrected chi connectivity index (χ4v) is 3.33. The smallest absolute Gasteiger partial charge is 0.258 e. The molecule has 126 valence electrons. The lowest BCUT2D eigenvalue weighted by Crippen LogP contribution is -2.31. The Balaban J connectivity index is 1.62. The minimum Gasteiger partial charge on any atom is -0.483 e. The van der Waals surface area contributed by atoms with Gasteiger partial charge < -0.3 is 10.1 Å². The molecule has 0 aliphatic heterocycles. The van der Waals surface area contributed by atoms with Crippen LogP contribution in [0.15, 0.2) is 42.5 Å². The fraction of sp³-hybridized carbons (Fsp3) is 0.381. The van der Waals surface area contributed by atoms with Crippen molar-refractivity contribution in [2.75, 3.05) is 6.61 Å². The summed E-state index contributed by atoms with van der Waals surface area (Å²) in [4.78, 5) is 12.3. The van der Waals surface area contributed by atoms with Crippen LogP contribution in [0.5, 0.6) is 5.75 Å². The molecule has 3 heteroatoms. The first-order valence-corrected chi connectivity index (χ1v) is 8.65. The molecule has 0 saturated carbocycles. The van der Waals surface area contributed by atoms with Gasteiger partial charge in [-0.25, -0.2) is 0 Å². The van der Waals surface area contributed by atoms with Gasteiger partial charge in [-0.05, 0) is 54.0 Å². The summed E-state index contributed by atoms with van der Waals surface area (Å²) in [6.07, 6.45) is 1.99. The lowest BCUT2D eigenvalue weighted by Gasteiger charge is -2.17. The predicted molar refractivity (Wildman–Crippen MR) is 96.4 cm³/mol. The van der Waals surface area contributed by atoms with Gasteiger partial charge in [0, 0.05) is 0 Å². The Morgan fingerprint density at radius 2 is 2.04 bits per heavy atom. The molecule has 0 aromatic heterocycles. The van der Waals surface area contributed by atoms with Crippen molar-refractivity contribution in [3.63, 3.8) is 0 Å². The van der Waals surface area contributed by atoms with E-state index in [2.05, 4.69) is 49.5 Å². The average Bonchev–Trinajstić information content (AvgIpc) is 2.96. The molecule has 1 N–H and O–H groups in total. The molecule has 1 amide bonds. The van der Waals surface area contributed by atoms with Crippen LogP contribution in [0.1, 0.15) is 54.5 Å². The first kappa shape index (κ1) is 16.6. The van der Waals surface area contributed by atoms with Gasteiger partial charge >= 0.3 is 0 Å². The standard InChI is InChI=1S/C21H25NO2/c1-14(2)17-10-8-15(3)12-20(17)24-13-21(23)22-19-11-9-16-6-4-5-7-18(16)19/h4-8,10,12,14,19H,9,11,13H2,1-3H3,(H,22,23). The van der Waals surface area contributed by atoms with E-state index < -0.39 is 0 Å².